The smallest absolute Gasteiger partial charge is 0.253 e. The van der Waals surface area contributed by atoms with Gasteiger partial charge >= 0.3 is 0 Å². The monoisotopic (exact) mass is 304 g/mol. The first-order chi connectivity index (χ1) is 7.16. The van der Waals surface area contributed by atoms with Crippen molar-refractivity contribution in [2.24, 2.45) is 5.73 Å². The summed E-state index contributed by atoms with van der Waals surface area (Å²) in [7, 11) is 0. The summed E-state index contributed by atoms with van der Waals surface area (Å²) in [5.41, 5.74) is 6.49. The molecule has 1 aromatic carbocycles. The molecule has 1 amide bonds. The number of carbonyl (C=O) groups is 1. The quantitative estimate of drug-likeness (QED) is 0.863. The van der Waals surface area contributed by atoms with Crippen LogP contribution in [0.1, 0.15) is 16.8 Å². The Labute approximate surface area is 110 Å². The van der Waals surface area contributed by atoms with Crippen LogP contribution >= 0.6 is 28.3 Å². The van der Waals surface area contributed by atoms with E-state index in [0.29, 0.717) is 6.54 Å². The maximum atomic E-state index is 12.0. The van der Waals surface area contributed by atoms with Crippen LogP contribution < -0.4 is 5.73 Å². The van der Waals surface area contributed by atoms with E-state index in [1.54, 1.807) is 0 Å². The highest BCUT2D eigenvalue weighted by atomic mass is 79.9. The molecule has 0 unspecified atom stereocenters. The lowest BCUT2D eigenvalue weighted by Crippen LogP contribution is -2.31. The molecule has 1 heterocycles. The van der Waals surface area contributed by atoms with E-state index in [1.807, 2.05) is 29.2 Å². The van der Waals surface area contributed by atoms with Crippen LogP contribution in [0.3, 0.4) is 0 Å². The van der Waals surface area contributed by atoms with Gasteiger partial charge in [0, 0.05) is 29.2 Å². The molecule has 3 nitrogen and oxygen atoms in total. The first-order valence-electron chi connectivity index (χ1n) is 4.97. The zero-order valence-electron chi connectivity index (χ0n) is 8.73. The minimum Gasteiger partial charge on any atom is -0.337 e. The average Bonchev–Trinajstić information content (AvgIpc) is 2.64. The maximum absolute atomic E-state index is 12.0. The lowest BCUT2D eigenvalue weighted by atomic mass is 10.2. The fourth-order valence-corrected chi connectivity index (χ4v) is 2.18. The number of benzene rings is 1. The molecule has 1 fully saturated rings. The molecule has 1 atom stereocenters. The van der Waals surface area contributed by atoms with Crippen LogP contribution in [0.25, 0.3) is 0 Å². The van der Waals surface area contributed by atoms with Crippen LogP contribution in [0.4, 0.5) is 0 Å². The molecule has 88 valence electrons. The number of carbonyl (C=O) groups excluding carboxylic acids is 1. The van der Waals surface area contributed by atoms with Gasteiger partial charge in [-0.15, -0.1) is 12.4 Å². The SMILES string of the molecule is Cl.N[C@H]1CCN(C(=O)c2cccc(Br)c2)C1. The van der Waals surface area contributed by atoms with Gasteiger partial charge in [-0.25, -0.2) is 0 Å². The Morgan fingerprint density at radius 1 is 1.50 bits per heavy atom. The number of amides is 1. The summed E-state index contributed by atoms with van der Waals surface area (Å²) in [4.78, 5) is 13.8. The molecule has 2 rings (SSSR count). The van der Waals surface area contributed by atoms with E-state index in [-0.39, 0.29) is 24.4 Å². The molecule has 0 radical (unpaired) electrons. The molecule has 0 aromatic heterocycles. The largest absolute Gasteiger partial charge is 0.337 e. The molecule has 16 heavy (non-hydrogen) atoms. The summed E-state index contributed by atoms with van der Waals surface area (Å²) in [6.07, 6.45) is 0.903. The molecule has 1 aliphatic heterocycles. The third-order valence-electron chi connectivity index (χ3n) is 2.58. The Morgan fingerprint density at radius 3 is 2.81 bits per heavy atom. The summed E-state index contributed by atoms with van der Waals surface area (Å²) in [5.74, 6) is 0.0734. The van der Waals surface area contributed by atoms with Crippen LogP contribution in [0.15, 0.2) is 28.7 Å². The number of halogens is 2. The topological polar surface area (TPSA) is 46.3 Å². The van der Waals surface area contributed by atoms with E-state index in [0.717, 1.165) is 23.0 Å². The highest BCUT2D eigenvalue weighted by Crippen LogP contribution is 2.16. The van der Waals surface area contributed by atoms with Gasteiger partial charge in [-0.1, -0.05) is 22.0 Å². The molecule has 0 spiro atoms. The second-order valence-corrected chi connectivity index (χ2v) is 4.73. The standard InChI is InChI=1S/C11H13BrN2O.ClH/c12-9-3-1-2-8(6-9)11(15)14-5-4-10(13)7-14;/h1-3,6,10H,4-5,7,13H2;1H/t10-;/m0./s1. The third kappa shape index (κ3) is 2.97. The fraction of sp³-hybridized carbons (Fsp3) is 0.364. The molecule has 0 saturated carbocycles. The Morgan fingerprint density at radius 2 is 2.25 bits per heavy atom. The number of rotatable bonds is 1. The third-order valence-corrected chi connectivity index (χ3v) is 3.08. The molecular weight excluding hydrogens is 291 g/mol. The van der Waals surface area contributed by atoms with Gasteiger partial charge in [0.2, 0.25) is 0 Å². The van der Waals surface area contributed by atoms with E-state index in [1.165, 1.54) is 0 Å². The van der Waals surface area contributed by atoms with E-state index >= 15 is 0 Å². The van der Waals surface area contributed by atoms with Gasteiger partial charge in [0.25, 0.3) is 5.91 Å². The highest BCUT2D eigenvalue weighted by molar-refractivity contribution is 9.10. The van der Waals surface area contributed by atoms with Crippen molar-refractivity contribution < 1.29 is 4.79 Å². The Bertz CT molecular complexity index is 386. The summed E-state index contributed by atoms with van der Waals surface area (Å²) >= 11 is 3.36. The molecule has 1 aromatic rings. The summed E-state index contributed by atoms with van der Waals surface area (Å²) in [6.45, 7) is 1.44. The lowest BCUT2D eigenvalue weighted by Gasteiger charge is -2.15. The second kappa shape index (κ2) is 5.66. The summed E-state index contributed by atoms with van der Waals surface area (Å²) in [5, 5.41) is 0. The highest BCUT2D eigenvalue weighted by Gasteiger charge is 2.24. The number of likely N-dealkylation sites (tertiary alicyclic amines) is 1. The van der Waals surface area contributed by atoms with E-state index in [9.17, 15) is 4.79 Å². The van der Waals surface area contributed by atoms with Crippen LogP contribution in [0, 0.1) is 0 Å². The van der Waals surface area contributed by atoms with Crippen LogP contribution in [0.2, 0.25) is 0 Å². The predicted molar refractivity (Wildman–Crippen MR) is 69.9 cm³/mol. The van der Waals surface area contributed by atoms with Crippen molar-refractivity contribution in [3.05, 3.63) is 34.3 Å². The molecule has 1 saturated heterocycles. The van der Waals surface area contributed by atoms with Crippen molar-refractivity contribution in [2.75, 3.05) is 13.1 Å². The maximum Gasteiger partial charge on any atom is 0.253 e. The van der Waals surface area contributed by atoms with Crippen molar-refractivity contribution in [3.63, 3.8) is 0 Å². The van der Waals surface area contributed by atoms with Crippen LogP contribution in [-0.2, 0) is 0 Å². The van der Waals surface area contributed by atoms with Crippen molar-refractivity contribution >= 4 is 34.2 Å². The van der Waals surface area contributed by atoms with Gasteiger partial charge < -0.3 is 10.6 Å². The fourth-order valence-electron chi connectivity index (χ4n) is 1.78. The normalized spacial score (nSPS) is 19.4. The van der Waals surface area contributed by atoms with Gasteiger partial charge in [0.1, 0.15) is 0 Å². The van der Waals surface area contributed by atoms with Crippen molar-refractivity contribution in [1.29, 1.82) is 0 Å². The minimum atomic E-state index is 0. The molecule has 5 heteroatoms. The number of nitrogens with zero attached hydrogens (tertiary/aromatic N) is 1. The van der Waals surface area contributed by atoms with Crippen molar-refractivity contribution in [1.82, 2.24) is 4.90 Å². The summed E-state index contributed by atoms with van der Waals surface area (Å²) in [6, 6.07) is 7.59. The Hall–Kier alpha value is -0.580. The summed E-state index contributed by atoms with van der Waals surface area (Å²) < 4.78 is 0.928. The first-order valence-corrected chi connectivity index (χ1v) is 5.76. The van der Waals surface area contributed by atoms with Gasteiger partial charge in [-0.05, 0) is 24.6 Å². The van der Waals surface area contributed by atoms with Crippen LogP contribution in [0.5, 0.6) is 0 Å². The van der Waals surface area contributed by atoms with Gasteiger partial charge in [-0.2, -0.15) is 0 Å². The van der Waals surface area contributed by atoms with Gasteiger partial charge in [0.05, 0.1) is 0 Å². The molecular formula is C11H14BrClN2O. The zero-order chi connectivity index (χ0) is 10.8. The molecule has 0 bridgehead atoms. The second-order valence-electron chi connectivity index (χ2n) is 3.81. The first kappa shape index (κ1) is 13.5. The van der Waals surface area contributed by atoms with Crippen molar-refractivity contribution in [3.8, 4) is 0 Å². The number of hydrogen-bond acceptors (Lipinski definition) is 2. The van der Waals surface area contributed by atoms with Crippen LogP contribution in [-0.4, -0.2) is 29.9 Å². The van der Waals surface area contributed by atoms with Gasteiger partial charge in [0.15, 0.2) is 0 Å². The van der Waals surface area contributed by atoms with Crippen molar-refractivity contribution in [2.45, 2.75) is 12.5 Å². The predicted octanol–water partition coefficient (Wildman–Crippen LogP) is 2.04. The molecule has 1 aliphatic rings. The Balaban J connectivity index is 0.00000128. The lowest BCUT2D eigenvalue weighted by molar-refractivity contribution is 0.0791. The zero-order valence-corrected chi connectivity index (χ0v) is 11.1. The van der Waals surface area contributed by atoms with E-state index < -0.39 is 0 Å². The van der Waals surface area contributed by atoms with Gasteiger partial charge in [-0.3, -0.25) is 4.79 Å². The van der Waals surface area contributed by atoms with E-state index in [2.05, 4.69) is 15.9 Å². The Kier molecular flexibility index (Phi) is 4.77. The average molecular weight is 306 g/mol. The minimum absolute atomic E-state index is 0. The molecule has 0 aliphatic carbocycles. The number of nitrogens with two attached hydrogens (primary N) is 1. The molecule has 2 N–H and O–H groups in total. The number of hydrogen-bond donors (Lipinski definition) is 1. The van der Waals surface area contributed by atoms with E-state index in [4.69, 9.17) is 5.73 Å².